The second kappa shape index (κ2) is 3.33. The van der Waals surface area contributed by atoms with Crippen molar-refractivity contribution in [1.29, 1.82) is 0 Å². The summed E-state index contributed by atoms with van der Waals surface area (Å²) in [6, 6.07) is 3.98. The second-order valence-electron chi connectivity index (χ2n) is 4.28. The van der Waals surface area contributed by atoms with Crippen molar-refractivity contribution >= 4 is 5.78 Å². The van der Waals surface area contributed by atoms with Crippen molar-refractivity contribution in [3.63, 3.8) is 0 Å². The van der Waals surface area contributed by atoms with Gasteiger partial charge in [0, 0.05) is 11.5 Å². The molecule has 14 heavy (non-hydrogen) atoms. The van der Waals surface area contributed by atoms with Gasteiger partial charge in [0.15, 0.2) is 5.78 Å². The molecule has 1 aromatic rings. The lowest BCUT2D eigenvalue weighted by Gasteiger charge is -2.17. The molecule has 0 aliphatic heterocycles. The smallest absolute Gasteiger partial charge is 0.171 e. The summed E-state index contributed by atoms with van der Waals surface area (Å²) in [6.07, 6.45) is 0. The van der Waals surface area contributed by atoms with E-state index in [1.807, 2.05) is 0 Å². The van der Waals surface area contributed by atoms with Crippen LogP contribution >= 0.6 is 0 Å². The first kappa shape index (κ1) is 10.6. The normalized spacial score (nSPS) is 11.4. The summed E-state index contributed by atoms with van der Waals surface area (Å²) in [6.45, 7) is 5.34. The fourth-order valence-electron chi connectivity index (χ4n) is 1.12. The van der Waals surface area contributed by atoms with E-state index in [0.29, 0.717) is 0 Å². The Hall–Kier alpha value is -1.51. The Morgan fingerprint density at radius 1 is 1.21 bits per heavy atom. The van der Waals surface area contributed by atoms with E-state index in [4.69, 9.17) is 5.11 Å². The standard InChI is InChI=1S/C11H14O3/c1-11(2,3)10(14)8-5-4-7(12)6-9(8)13/h4-6,12-13H,1-3H3. The second-order valence-corrected chi connectivity index (χ2v) is 4.28. The van der Waals surface area contributed by atoms with Crippen molar-refractivity contribution in [2.45, 2.75) is 20.8 Å². The van der Waals surface area contributed by atoms with Crippen LogP contribution in [0.15, 0.2) is 18.2 Å². The van der Waals surface area contributed by atoms with E-state index in [1.165, 1.54) is 18.2 Å². The topological polar surface area (TPSA) is 57.5 Å². The Morgan fingerprint density at radius 2 is 1.79 bits per heavy atom. The molecule has 76 valence electrons. The van der Waals surface area contributed by atoms with Gasteiger partial charge in [-0.1, -0.05) is 20.8 Å². The highest BCUT2D eigenvalue weighted by atomic mass is 16.3. The summed E-state index contributed by atoms with van der Waals surface area (Å²) in [5.74, 6) is -0.368. The van der Waals surface area contributed by atoms with Crippen molar-refractivity contribution in [3.8, 4) is 11.5 Å². The lowest BCUT2D eigenvalue weighted by atomic mass is 9.86. The molecule has 0 radical (unpaired) electrons. The van der Waals surface area contributed by atoms with Gasteiger partial charge in [-0.05, 0) is 12.1 Å². The highest BCUT2D eigenvalue weighted by Gasteiger charge is 2.25. The lowest BCUT2D eigenvalue weighted by molar-refractivity contribution is 0.0855. The molecule has 0 amide bonds. The summed E-state index contributed by atoms with van der Waals surface area (Å²) in [5.41, 5.74) is -0.288. The minimum atomic E-state index is -0.533. The van der Waals surface area contributed by atoms with Gasteiger partial charge in [-0.15, -0.1) is 0 Å². The minimum Gasteiger partial charge on any atom is -0.508 e. The monoisotopic (exact) mass is 194 g/mol. The zero-order valence-corrected chi connectivity index (χ0v) is 8.53. The number of carbonyl (C=O) groups is 1. The average Bonchev–Trinajstić information content (AvgIpc) is 2.01. The lowest BCUT2D eigenvalue weighted by Crippen LogP contribution is -2.20. The largest absolute Gasteiger partial charge is 0.508 e. The molecule has 0 spiro atoms. The van der Waals surface area contributed by atoms with Crippen LogP contribution < -0.4 is 0 Å². The highest BCUT2D eigenvalue weighted by Crippen LogP contribution is 2.29. The van der Waals surface area contributed by atoms with E-state index < -0.39 is 5.41 Å². The van der Waals surface area contributed by atoms with E-state index >= 15 is 0 Å². The molecule has 0 atom stereocenters. The first-order chi connectivity index (χ1) is 6.32. The van der Waals surface area contributed by atoms with Crippen LogP contribution in [0.5, 0.6) is 11.5 Å². The Labute approximate surface area is 83.0 Å². The number of phenolic OH excluding ortho intramolecular Hbond substituents is 2. The number of phenols is 2. The number of benzene rings is 1. The van der Waals surface area contributed by atoms with Crippen LogP contribution in [0.2, 0.25) is 0 Å². The van der Waals surface area contributed by atoms with E-state index in [0.717, 1.165) is 0 Å². The molecule has 1 aromatic carbocycles. The molecule has 3 nitrogen and oxygen atoms in total. The van der Waals surface area contributed by atoms with Gasteiger partial charge in [0.05, 0.1) is 5.56 Å². The molecule has 0 saturated heterocycles. The van der Waals surface area contributed by atoms with Gasteiger partial charge >= 0.3 is 0 Å². The number of hydrogen-bond donors (Lipinski definition) is 2. The van der Waals surface area contributed by atoms with Gasteiger partial charge in [-0.2, -0.15) is 0 Å². The molecule has 2 N–H and O–H groups in total. The van der Waals surface area contributed by atoms with Gasteiger partial charge in [-0.3, -0.25) is 4.79 Å². The first-order valence-corrected chi connectivity index (χ1v) is 4.39. The molecule has 0 fully saturated rings. The maximum Gasteiger partial charge on any atom is 0.171 e. The maximum atomic E-state index is 11.8. The molecule has 0 bridgehead atoms. The third-order valence-electron chi connectivity index (χ3n) is 1.91. The SMILES string of the molecule is CC(C)(C)C(=O)c1ccc(O)cc1O. The first-order valence-electron chi connectivity index (χ1n) is 4.39. The number of carbonyl (C=O) groups excluding carboxylic acids is 1. The van der Waals surface area contributed by atoms with Crippen LogP contribution in [0.3, 0.4) is 0 Å². The van der Waals surface area contributed by atoms with E-state index in [2.05, 4.69) is 0 Å². The predicted molar refractivity (Wildman–Crippen MR) is 53.6 cm³/mol. The van der Waals surface area contributed by atoms with Crippen LogP contribution in [-0.2, 0) is 0 Å². The van der Waals surface area contributed by atoms with Crippen LogP contribution in [0.1, 0.15) is 31.1 Å². The average molecular weight is 194 g/mol. The number of Topliss-reactive ketones (excluding diaryl/α,β-unsaturated/α-hetero) is 1. The molecule has 1 rings (SSSR count). The zero-order valence-electron chi connectivity index (χ0n) is 8.53. The van der Waals surface area contributed by atoms with Gasteiger partial charge < -0.3 is 10.2 Å². The van der Waals surface area contributed by atoms with Crippen molar-refractivity contribution in [2.75, 3.05) is 0 Å². The van der Waals surface area contributed by atoms with Crippen LogP contribution in [0.25, 0.3) is 0 Å². The van der Waals surface area contributed by atoms with Crippen LogP contribution in [-0.4, -0.2) is 16.0 Å². The zero-order chi connectivity index (χ0) is 10.9. The molecule has 0 heterocycles. The number of hydrogen-bond acceptors (Lipinski definition) is 3. The Balaban J connectivity index is 3.15. The quantitative estimate of drug-likeness (QED) is 0.674. The van der Waals surface area contributed by atoms with Gasteiger partial charge in [0.2, 0.25) is 0 Å². The summed E-state index contributed by atoms with van der Waals surface area (Å²) in [4.78, 5) is 11.8. The minimum absolute atomic E-state index is 0.0482. The van der Waals surface area contributed by atoms with Crippen molar-refractivity contribution in [2.24, 2.45) is 5.41 Å². The molecule has 0 unspecified atom stereocenters. The summed E-state index contributed by atoms with van der Waals surface area (Å²) in [7, 11) is 0. The van der Waals surface area contributed by atoms with E-state index in [1.54, 1.807) is 20.8 Å². The Bertz CT molecular complexity index is 361. The van der Waals surface area contributed by atoms with Crippen LogP contribution in [0, 0.1) is 5.41 Å². The molecule has 0 aromatic heterocycles. The third-order valence-corrected chi connectivity index (χ3v) is 1.91. The molecular formula is C11H14O3. The molecular weight excluding hydrogens is 180 g/mol. The molecule has 0 aliphatic rings. The molecule has 0 aliphatic carbocycles. The predicted octanol–water partition coefficient (Wildman–Crippen LogP) is 2.33. The third kappa shape index (κ3) is 2.05. The number of ketones is 1. The fraction of sp³-hybridized carbons (Fsp3) is 0.364. The summed E-state index contributed by atoms with van der Waals surface area (Å²) in [5, 5.41) is 18.5. The van der Waals surface area contributed by atoms with Gasteiger partial charge in [-0.25, -0.2) is 0 Å². The summed E-state index contributed by atoms with van der Waals surface area (Å²) >= 11 is 0. The fourth-order valence-corrected chi connectivity index (χ4v) is 1.12. The van der Waals surface area contributed by atoms with Crippen molar-refractivity contribution in [3.05, 3.63) is 23.8 Å². The van der Waals surface area contributed by atoms with Crippen molar-refractivity contribution in [1.82, 2.24) is 0 Å². The van der Waals surface area contributed by atoms with Crippen molar-refractivity contribution < 1.29 is 15.0 Å². The van der Waals surface area contributed by atoms with Crippen LogP contribution in [0.4, 0.5) is 0 Å². The van der Waals surface area contributed by atoms with Gasteiger partial charge in [0.25, 0.3) is 0 Å². The molecule has 3 heteroatoms. The molecule has 0 saturated carbocycles. The Kier molecular flexibility index (Phi) is 2.51. The number of rotatable bonds is 1. The van der Waals surface area contributed by atoms with E-state index in [9.17, 15) is 9.90 Å². The Morgan fingerprint density at radius 3 is 2.21 bits per heavy atom. The number of aromatic hydroxyl groups is 2. The van der Waals surface area contributed by atoms with Gasteiger partial charge in [0.1, 0.15) is 11.5 Å². The van der Waals surface area contributed by atoms with E-state index in [-0.39, 0.29) is 22.8 Å². The highest BCUT2D eigenvalue weighted by molar-refractivity contribution is 6.02. The maximum absolute atomic E-state index is 11.8. The summed E-state index contributed by atoms with van der Waals surface area (Å²) < 4.78 is 0.